The molecular formula is C23H27F3N2O7. The van der Waals surface area contributed by atoms with Crippen molar-refractivity contribution in [2.75, 3.05) is 52.4 Å². The van der Waals surface area contributed by atoms with Crippen LogP contribution in [0.3, 0.4) is 0 Å². The highest BCUT2D eigenvalue weighted by molar-refractivity contribution is 6.27. The number of halogens is 3. The largest absolute Gasteiger partial charge is 0.493 e. The van der Waals surface area contributed by atoms with Crippen LogP contribution in [0.25, 0.3) is 0 Å². The van der Waals surface area contributed by atoms with Crippen LogP contribution in [0.15, 0.2) is 36.4 Å². The van der Waals surface area contributed by atoms with Crippen LogP contribution in [0.1, 0.15) is 11.1 Å². The number of nitrogens with zero attached hydrogens (tertiary/aromatic N) is 2. The molecule has 1 aliphatic heterocycles. The molecule has 1 heterocycles. The van der Waals surface area contributed by atoms with Crippen LogP contribution in [-0.2, 0) is 22.3 Å². The average Bonchev–Trinajstić information content (AvgIpc) is 2.84. The zero-order valence-corrected chi connectivity index (χ0v) is 19.5. The number of ether oxygens (including phenoxy) is 3. The van der Waals surface area contributed by atoms with Gasteiger partial charge in [-0.15, -0.1) is 0 Å². The standard InChI is InChI=1S/C21H25F3N2O3.C2H2O4/c1-27-18-8-7-15(19(28-2)20(18)29-3)14-25-9-11-26(12-10-25)17-6-4-5-16(13-17)21(22,23)24;3-1(4)2(5)6/h4-8,13H,9-12,14H2,1-3H3;(H,3,4)(H,5,6). The van der Waals surface area contributed by atoms with E-state index in [2.05, 4.69) is 4.90 Å². The summed E-state index contributed by atoms with van der Waals surface area (Å²) in [5, 5.41) is 14.8. The van der Waals surface area contributed by atoms with Crippen molar-refractivity contribution in [3.8, 4) is 17.2 Å². The molecule has 35 heavy (non-hydrogen) atoms. The summed E-state index contributed by atoms with van der Waals surface area (Å²) in [6.45, 7) is 3.41. The van der Waals surface area contributed by atoms with Crippen molar-refractivity contribution in [2.45, 2.75) is 12.7 Å². The maximum atomic E-state index is 13.0. The molecular weight excluding hydrogens is 473 g/mol. The second-order valence-electron chi connectivity index (χ2n) is 7.42. The predicted octanol–water partition coefficient (Wildman–Crippen LogP) is 3.21. The first-order valence-electron chi connectivity index (χ1n) is 10.4. The van der Waals surface area contributed by atoms with E-state index in [9.17, 15) is 13.2 Å². The van der Waals surface area contributed by atoms with Gasteiger partial charge in [-0.1, -0.05) is 12.1 Å². The normalized spacial score (nSPS) is 13.9. The maximum Gasteiger partial charge on any atom is 0.416 e. The zero-order valence-electron chi connectivity index (χ0n) is 19.5. The summed E-state index contributed by atoms with van der Waals surface area (Å²) < 4.78 is 55.2. The Bertz CT molecular complexity index is 1010. The van der Waals surface area contributed by atoms with Crippen molar-refractivity contribution in [2.24, 2.45) is 0 Å². The van der Waals surface area contributed by atoms with Gasteiger partial charge in [-0.2, -0.15) is 13.2 Å². The first-order chi connectivity index (χ1) is 16.5. The number of anilines is 1. The first-order valence-corrected chi connectivity index (χ1v) is 10.4. The number of rotatable bonds is 6. The molecule has 2 aromatic rings. The number of hydrogen-bond acceptors (Lipinski definition) is 7. The molecule has 0 aliphatic carbocycles. The molecule has 2 N–H and O–H groups in total. The Labute approximate surface area is 200 Å². The highest BCUT2D eigenvalue weighted by Gasteiger charge is 2.31. The Hall–Kier alpha value is -3.67. The average molecular weight is 500 g/mol. The van der Waals surface area contributed by atoms with Gasteiger partial charge in [0.2, 0.25) is 5.75 Å². The summed E-state index contributed by atoms with van der Waals surface area (Å²) in [6, 6.07) is 9.28. The van der Waals surface area contributed by atoms with Crippen LogP contribution in [0.5, 0.6) is 17.2 Å². The molecule has 0 saturated carbocycles. The van der Waals surface area contributed by atoms with Gasteiger partial charge in [-0.3, -0.25) is 4.90 Å². The third-order valence-corrected chi connectivity index (χ3v) is 5.27. The van der Waals surface area contributed by atoms with Crippen LogP contribution in [0.2, 0.25) is 0 Å². The molecule has 0 amide bonds. The van der Waals surface area contributed by atoms with E-state index >= 15 is 0 Å². The lowest BCUT2D eigenvalue weighted by molar-refractivity contribution is -0.159. The third-order valence-electron chi connectivity index (χ3n) is 5.27. The van der Waals surface area contributed by atoms with Crippen LogP contribution < -0.4 is 19.1 Å². The third kappa shape index (κ3) is 7.41. The van der Waals surface area contributed by atoms with Gasteiger partial charge in [-0.05, 0) is 24.3 Å². The summed E-state index contributed by atoms with van der Waals surface area (Å²) in [5.74, 6) is -1.87. The van der Waals surface area contributed by atoms with E-state index in [-0.39, 0.29) is 0 Å². The quantitative estimate of drug-likeness (QED) is 0.578. The van der Waals surface area contributed by atoms with E-state index in [1.54, 1.807) is 27.4 Å². The lowest BCUT2D eigenvalue weighted by Crippen LogP contribution is -2.46. The monoisotopic (exact) mass is 500 g/mol. The molecule has 12 heteroatoms. The molecule has 192 valence electrons. The summed E-state index contributed by atoms with van der Waals surface area (Å²) in [5.41, 5.74) is 0.952. The SMILES string of the molecule is COc1ccc(CN2CCN(c3cccc(C(F)(F)F)c3)CC2)c(OC)c1OC.O=C(O)C(=O)O. The number of methoxy groups -OCH3 is 3. The fourth-order valence-corrected chi connectivity index (χ4v) is 3.57. The van der Waals surface area contributed by atoms with Crippen LogP contribution in [-0.4, -0.2) is 74.6 Å². The Morgan fingerprint density at radius 1 is 0.886 bits per heavy atom. The fourth-order valence-electron chi connectivity index (χ4n) is 3.57. The molecule has 1 saturated heterocycles. The van der Waals surface area contributed by atoms with E-state index in [4.69, 9.17) is 34.0 Å². The van der Waals surface area contributed by atoms with Gasteiger partial charge in [-0.25, -0.2) is 9.59 Å². The van der Waals surface area contributed by atoms with Crippen molar-refractivity contribution >= 4 is 17.6 Å². The summed E-state index contributed by atoms with van der Waals surface area (Å²) in [7, 11) is 4.73. The molecule has 0 aromatic heterocycles. The molecule has 1 fully saturated rings. The van der Waals surface area contributed by atoms with Crippen molar-refractivity contribution in [1.29, 1.82) is 0 Å². The Kier molecular flexibility index (Phi) is 9.58. The predicted molar refractivity (Wildman–Crippen MR) is 120 cm³/mol. The number of benzene rings is 2. The number of carboxylic acids is 2. The van der Waals surface area contributed by atoms with E-state index in [0.29, 0.717) is 42.6 Å². The van der Waals surface area contributed by atoms with Crippen molar-refractivity contribution < 1.29 is 47.2 Å². The highest BCUT2D eigenvalue weighted by Crippen LogP contribution is 2.40. The van der Waals surface area contributed by atoms with E-state index in [0.717, 1.165) is 24.7 Å². The molecule has 0 unspecified atom stereocenters. The lowest BCUT2D eigenvalue weighted by atomic mass is 10.1. The highest BCUT2D eigenvalue weighted by atomic mass is 19.4. The van der Waals surface area contributed by atoms with Gasteiger partial charge < -0.3 is 29.3 Å². The van der Waals surface area contributed by atoms with Gasteiger partial charge in [0.15, 0.2) is 11.5 Å². The van der Waals surface area contributed by atoms with E-state index in [1.807, 2.05) is 17.0 Å². The molecule has 9 nitrogen and oxygen atoms in total. The topological polar surface area (TPSA) is 109 Å². The number of alkyl halides is 3. The van der Waals surface area contributed by atoms with Crippen molar-refractivity contribution in [1.82, 2.24) is 4.90 Å². The number of hydrogen-bond donors (Lipinski definition) is 2. The van der Waals surface area contributed by atoms with E-state index in [1.165, 1.54) is 12.1 Å². The van der Waals surface area contributed by atoms with Crippen LogP contribution >= 0.6 is 0 Å². The van der Waals surface area contributed by atoms with Gasteiger partial charge in [0.25, 0.3) is 0 Å². The number of carbonyl (C=O) groups is 2. The molecule has 3 rings (SSSR count). The minimum atomic E-state index is -4.33. The van der Waals surface area contributed by atoms with E-state index < -0.39 is 23.7 Å². The van der Waals surface area contributed by atoms with Crippen LogP contribution in [0, 0.1) is 0 Å². The second kappa shape index (κ2) is 12.2. The minimum absolute atomic E-state index is 0.551. The zero-order chi connectivity index (χ0) is 26.2. The van der Waals surface area contributed by atoms with Crippen molar-refractivity contribution in [3.05, 3.63) is 47.5 Å². The molecule has 0 atom stereocenters. The molecule has 1 aliphatic rings. The Balaban J connectivity index is 0.000000641. The van der Waals surface area contributed by atoms with Gasteiger partial charge >= 0.3 is 18.1 Å². The summed E-state index contributed by atoms with van der Waals surface area (Å²) in [4.78, 5) is 22.4. The van der Waals surface area contributed by atoms with Crippen LogP contribution in [0.4, 0.5) is 18.9 Å². The fraction of sp³-hybridized carbons (Fsp3) is 0.391. The number of piperazine rings is 1. The smallest absolute Gasteiger partial charge is 0.416 e. The Morgan fingerprint density at radius 2 is 1.49 bits per heavy atom. The molecule has 2 aromatic carbocycles. The number of aliphatic carboxylic acids is 2. The lowest BCUT2D eigenvalue weighted by Gasteiger charge is -2.36. The van der Waals surface area contributed by atoms with Crippen molar-refractivity contribution in [3.63, 3.8) is 0 Å². The molecule has 0 radical (unpaired) electrons. The molecule has 0 bridgehead atoms. The van der Waals surface area contributed by atoms with Gasteiger partial charge in [0, 0.05) is 44.0 Å². The minimum Gasteiger partial charge on any atom is -0.493 e. The first kappa shape index (κ1) is 27.6. The van der Waals surface area contributed by atoms with Gasteiger partial charge in [0.05, 0.1) is 26.9 Å². The maximum absolute atomic E-state index is 13.0. The second-order valence-corrected chi connectivity index (χ2v) is 7.42. The number of carboxylic acid groups (broad SMARTS) is 2. The summed E-state index contributed by atoms with van der Waals surface area (Å²) >= 11 is 0. The van der Waals surface area contributed by atoms with Gasteiger partial charge in [0.1, 0.15) is 0 Å². The summed E-state index contributed by atoms with van der Waals surface area (Å²) in [6.07, 6.45) is -4.33. The Morgan fingerprint density at radius 3 is 1.97 bits per heavy atom. The molecule has 0 spiro atoms.